The van der Waals surface area contributed by atoms with E-state index >= 15 is 0 Å². The van der Waals surface area contributed by atoms with Gasteiger partial charge >= 0.3 is 5.97 Å². The van der Waals surface area contributed by atoms with E-state index in [9.17, 15) is 4.79 Å². The third kappa shape index (κ3) is 2.85. The first kappa shape index (κ1) is 15.0. The minimum atomic E-state index is -0.380. The summed E-state index contributed by atoms with van der Waals surface area (Å²) in [7, 11) is 0. The smallest absolute Gasteiger partial charge is 0.358 e. The van der Waals surface area contributed by atoms with Crippen LogP contribution in [-0.4, -0.2) is 27.2 Å². The van der Waals surface area contributed by atoms with Crippen LogP contribution in [0.2, 0.25) is 0 Å². The molecule has 1 aliphatic carbocycles. The van der Waals surface area contributed by atoms with Crippen LogP contribution in [-0.2, 0) is 11.2 Å². The van der Waals surface area contributed by atoms with E-state index in [0.717, 1.165) is 23.5 Å². The number of hydrogen-bond donors (Lipinski definition) is 0. The van der Waals surface area contributed by atoms with Crippen LogP contribution in [0.1, 0.15) is 73.7 Å². The molecule has 0 saturated heterocycles. The Balaban J connectivity index is 2.00. The predicted molar refractivity (Wildman–Crippen MR) is 84.1 cm³/mol. The zero-order chi connectivity index (χ0) is 15.5. The summed E-state index contributed by atoms with van der Waals surface area (Å²) >= 11 is 0. The monoisotopic (exact) mass is 301 g/mol. The highest BCUT2D eigenvalue weighted by Crippen LogP contribution is 2.32. The van der Waals surface area contributed by atoms with Gasteiger partial charge in [0.1, 0.15) is 0 Å². The summed E-state index contributed by atoms with van der Waals surface area (Å²) in [6.07, 6.45) is 7.19. The van der Waals surface area contributed by atoms with Crippen molar-refractivity contribution < 1.29 is 9.53 Å². The van der Waals surface area contributed by atoms with E-state index in [4.69, 9.17) is 9.72 Å². The van der Waals surface area contributed by atoms with Gasteiger partial charge in [0, 0.05) is 23.4 Å². The lowest BCUT2D eigenvalue weighted by Gasteiger charge is -2.21. The molecular weight excluding hydrogens is 278 g/mol. The van der Waals surface area contributed by atoms with Crippen molar-refractivity contribution in [3.63, 3.8) is 0 Å². The van der Waals surface area contributed by atoms with E-state index in [1.807, 2.05) is 0 Å². The van der Waals surface area contributed by atoms with Gasteiger partial charge in [-0.3, -0.25) is 0 Å². The number of aryl methyl sites for hydroxylation is 1. The summed E-state index contributed by atoms with van der Waals surface area (Å²) < 4.78 is 6.81. The molecule has 2 heterocycles. The average Bonchev–Trinajstić information content (AvgIpc) is 2.99. The SMILES string of the molecule is CCOC(=O)c1cc2nc(C3CCCCC3)cc(CC)n2n1. The lowest BCUT2D eigenvalue weighted by Crippen LogP contribution is -2.10. The molecule has 118 valence electrons. The van der Waals surface area contributed by atoms with Crippen molar-refractivity contribution in [3.8, 4) is 0 Å². The second-order valence-electron chi connectivity index (χ2n) is 5.88. The van der Waals surface area contributed by atoms with Crippen LogP contribution in [0.3, 0.4) is 0 Å². The first-order chi connectivity index (χ1) is 10.7. The fraction of sp³-hybridized carbons (Fsp3) is 0.588. The van der Waals surface area contributed by atoms with Crippen LogP contribution in [0.15, 0.2) is 12.1 Å². The van der Waals surface area contributed by atoms with E-state index in [1.165, 1.54) is 32.1 Å². The fourth-order valence-corrected chi connectivity index (χ4v) is 3.22. The topological polar surface area (TPSA) is 56.5 Å². The van der Waals surface area contributed by atoms with Crippen LogP contribution in [0.5, 0.6) is 0 Å². The van der Waals surface area contributed by atoms with Crippen molar-refractivity contribution in [2.75, 3.05) is 6.61 Å². The second-order valence-corrected chi connectivity index (χ2v) is 5.88. The van der Waals surface area contributed by atoms with Crippen LogP contribution < -0.4 is 0 Å². The van der Waals surface area contributed by atoms with Crippen LogP contribution in [0, 0.1) is 0 Å². The molecule has 0 radical (unpaired) electrons. The molecule has 0 atom stereocenters. The van der Waals surface area contributed by atoms with Gasteiger partial charge in [0.2, 0.25) is 0 Å². The number of carbonyl (C=O) groups is 1. The molecule has 0 unspecified atom stereocenters. The van der Waals surface area contributed by atoms with Crippen molar-refractivity contribution in [1.29, 1.82) is 0 Å². The summed E-state index contributed by atoms with van der Waals surface area (Å²) in [5.74, 6) is 0.166. The first-order valence-electron chi connectivity index (χ1n) is 8.29. The van der Waals surface area contributed by atoms with Gasteiger partial charge in [-0.2, -0.15) is 5.10 Å². The summed E-state index contributed by atoms with van der Waals surface area (Å²) in [6, 6.07) is 3.90. The van der Waals surface area contributed by atoms with Crippen LogP contribution >= 0.6 is 0 Å². The lowest BCUT2D eigenvalue weighted by atomic mass is 9.86. The summed E-state index contributed by atoms with van der Waals surface area (Å²) in [4.78, 5) is 16.6. The van der Waals surface area contributed by atoms with E-state index in [1.54, 1.807) is 17.5 Å². The highest BCUT2D eigenvalue weighted by atomic mass is 16.5. The zero-order valence-electron chi connectivity index (χ0n) is 13.3. The number of aromatic nitrogens is 3. The van der Waals surface area contributed by atoms with Crippen molar-refractivity contribution in [1.82, 2.24) is 14.6 Å². The maximum Gasteiger partial charge on any atom is 0.358 e. The van der Waals surface area contributed by atoms with Crippen LogP contribution in [0.4, 0.5) is 0 Å². The molecule has 0 N–H and O–H groups in total. The third-order valence-corrected chi connectivity index (χ3v) is 4.39. The molecule has 1 saturated carbocycles. The Labute approximate surface area is 130 Å². The Hall–Kier alpha value is -1.91. The van der Waals surface area contributed by atoms with Crippen molar-refractivity contribution in [2.45, 2.75) is 58.3 Å². The first-order valence-corrected chi connectivity index (χ1v) is 8.29. The highest BCUT2D eigenvalue weighted by molar-refractivity contribution is 5.88. The van der Waals surface area contributed by atoms with E-state index in [0.29, 0.717) is 18.2 Å². The molecule has 5 nitrogen and oxygen atoms in total. The molecule has 5 heteroatoms. The number of carbonyl (C=O) groups excluding carboxylic acids is 1. The highest BCUT2D eigenvalue weighted by Gasteiger charge is 2.20. The van der Waals surface area contributed by atoms with Crippen LogP contribution in [0.25, 0.3) is 5.65 Å². The molecule has 2 aromatic rings. The number of esters is 1. The number of hydrogen-bond acceptors (Lipinski definition) is 4. The van der Waals surface area contributed by atoms with Gasteiger partial charge in [-0.05, 0) is 32.3 Å². The lowest BCUT2D eigenvalue weighted by molar-refractivity contribution is 0.0519. The number of ether oxygens (including phenoxy) is 1. The Morgan fingerprint density at radius 2 is 2.05 bits per heavy atom. The largest absolute Gasteiger partial charge is 0.461 e. The maximum atomic E-state index is 11.9. The quantitative estimate of drug-likeness (QED) is 0.811. The normalized spacial score (nSPS) is 16.1. The minimum Gasteiger partial charge on any atom is -0.461 e. The summed E-state index contributed by atoms with van der Waals surface area (Å²) in [5.41, 5.74) is 3.34. The molecule has 0 amide bonds. The number of nitrogens with zero attached hydrogens (tertiary/aromatic N) is 3. The van der Waals surface area contributed by atoms with Gasteiger partial charge < -0.3 is 4.74 Å². The Kier molecular flexibility index (Phi) is 4.41. The average molecular weight is 301 g/mol. The van der Waals surface area contributed by atoms with Crippen molar-refractivity contribution in [3.05, 3.63) is 29.2 Å². The zero-order valence-corrected chi connectivity index (χ0v) is 13.3. The third-order valence-electron chi connectivity index (χ3n) is 4.39. The molecular formula is C17H23N3O2. The second kappa shape index (κ2) is 6.46. The predicted octanol–water partition coefficient (Wildman–Crippen LogP) is 3.52. The van der Waals surface area contributed by atoms with Gasteiger partial charge in [0.05, 0.1) is 6.61 Å². The van der Waals surface area contributed by atoms with Crippen molar-refractivity contribution >= 4 is 11.6 Å². The van der Waals surface area contributed by atoms with Gasteiger partial charge in [0.25, 0.3) is 0 Å². The Morgan fingerprint density at radius 3 is 2.73 bits per heavy atom. The molecule has 0 aromatic carbocycles. The Bertz CT molecular complexity index is 672. The Morgan fingerprint density at radius 1 is 1.27 bits per heavy atom. The molecule has 2 aromatic heterocycles. The molecule has 0 aliphatic heterocycles. The summed E-state index contributed by atoms with van der Waals surface area (Å²) in [6.45, 7) is 4.25. The van der Waals surface area contributed by atoms with Gasteiger partial charge in [-0.1, -0.05) is 26.2 Å². The van der Waals surface area contributed by atoms with E-state index in [-0.39, 0.29) is 5.97 Å². The fourth-order valence-electron chi connectivity index (χ4n) is 3.22. The standard InChI is InChI=1S/C17H23N3O2/c1-3-13-10-14(12-8-6-5-7-9-12)18-16-11-15(19-20(13)16)17(21)22-4-2/h10-12H,3-9H2,1-2H3. The van der Waals surface area contributed by atoms with E-state index in [2.05, 4.69) is 18.1 Å². The summed E-state index contributed by atoms with van der Waals surface area (Å²) in [5, 5.41) is 4.37. The van der Waals surface area contributed by atoms with Gasteiger partial charge in [-0.15, -0.1) is 0 Å². The van der Waals surface area contributed by atoms with Gasteiger partial charge in [-0.25, -0.2) is 14.3 Å². The number of rotatable bonds is 4. The molecule has 0 spiro atoms. The van der Waals surface area contributed by atoms with Crippen molar-refractivity contribution in [2.24, 2.45) is 0 Å². The molecule has 3 rings (SSSR count). The minimum absolute atomic E-state index is 0.338. The van der Waals surface area contributed by atoms with Gasteiger partial charge in [0.15, 0.2) is 11.3 Å². The van der Waals surface area contributed by atoms with E-state index < -0.39 is 0 Å². The molecule has 0 bridgehead atoms. The number of fused-ring (bicyclic) bond motifs is 1. The maximum absolute atomic E-state index is 11.9. The molecule has 1 fully saturated rings. The molecule has 22 heavy (non-hydrogen) atoms. The molecule has 1 aliphatic rings.